The van der Waals surface area contributed by atoms with E-state index in [-0.39, 0.29) is 18.2 Å². The molecule has 0 heterocycles. The standard InChI is InChI=1S/C16H18F3NO3/c1-3-15(2,14(22)23)20-13(21)12-8-11(12)9-4-6-10(7-5-9)16(17,18)19/h4-7,11-12H,3,8H2,1-2H3,(H,20,21)(H,22,23). The van der Waals surface area contributed by atoms with E-state index in [1.165, 1.54) is 19.1 Å². The van der Waals surface area contributed by atoms with Gasteiger partial charge in [-0.1, -0.05) is 19.1 Å². The predicted octanol–water partition coefficient (Wildman–Crippen LogP) is 3.18. The van der Waals surface area contributed by atoms with Gasteiger partial charge in [0.25, 0.3) is 0 Å². The molecule has 2 N–H and O–H groups in total. The number of halogens is 3. The number of aliphatic carboxylic acids is 1. The van der Waals surface area contributed by atoms with E-state index in [0.717, 1.165) is 12.1 Å². The van der Waals surface area contributed by atoms with E-state index in [1.54, 1.807) is 6.92 Å². The van der Waals surface area contributed by atoms with Gasteiger partial charge in [-0.05, 0) is 43.4 Å². The summed E-state index contributed by atoms with van der Waals surface area (Å²) < 4.78 is 37.6. The van der Waals surface area contributed by atoms with Crippen molar-refractivity contribution in [2.24, 2.45) is 5.92 Å². The largest absolute Gasteiger partial charge is 0.480 e. The molecule has 1 amide bonds. The molecule has 1 aromatic carbocycles. The van der Waals surface area contributed by atoms with Gasteiger partial charge in [0.1, 0.15) is 5.54 Å². The summed E-state index contributed by atoms with van der Waals surface area (Å²) in [6.07, 6.45) is -3.63. The Kier molecular flexibility index (Phi) is 4.41. The summed E-state index contributed by atoms with van der Waals surface area (Å²) in [6.45, 7) is 3.09. The van der Waals surface area contributed by atoms with Crippen molar-refractivity contribution in [1.29, 1.82) is 0 Å². The first-order valence-corrected chi connectivity index (χ1v) is 7.31. The Morgan fingerprint density at radius 2 is 1.83 bits per heavy atom. The molecular formula is C16H18F3NO3. The van der Waals surface area contributed by atoms with Crippen LogP contribution in [0.15, 0.2) is 24.3 Å². The molecule has 1 fully saturated rings. The lowest BCUT2D eigenvalue weighted by molar-refractivity contribution is -0.147. The highest BCUT2D eigenvalue weighted by Crippen LogP contribution is 2.48. The van der Waals surface area contributed by atoms with Crippen LogP contribution in [0.3, 0.4) is 0 Å². The molecule has 7 heteroatoms. The first-order valence-electron chi connectivity index (χ1n) is 7.31. The molecular weight excluding hydrogens is 311 g/mol. The van der Waals surface area contributed by atoms with Crippen LogP contribution in [0.4, 0.5) is 13.2 Å². The molecule has 1 aliphatic rings. The number of carbonyl (C=O) groups is 2. The summed E-state index contributed by atoms with van der Waals surface area (Å²) in [5.41, 5.74) is -1.40. The minimum absolute atomic E-state index is 0.160. The molecule has 3 unspecified atom stereocenters. The average molecular weight is 329 g/mol. The summed E-state index contributed by atoms with van der Waals surface area (Å²) in [6, 6.07) is 4.74. The van der Waals surface area contributed by atoms with Crippen molar-refractivity contribution in [1.82, 2.24) is 5.32 Å². The Morgan fingerprint density at radius 1 is 1.26 bits per heavy atom. The maximum atomic E-state index is 12.5. The molecule has 23 heavy (non-hydrogen) atoms. The van der Waals surface area contributed by atoms with Gasteiger partial charge in [0.05, 0.1) is 5.56 Å². The normalized spacial score (nSPS) is 23.0. The second kappa shape index (κ2) is 5.86. The fourth-order valence-corrected chi connectivity index (χ4v) is 2.43. The van der Waals surface area contributed by atoms with E-state index in [2.05, 4.69) is 5.32 Å². The van der Waals surface area contributed by atoms with E-state index in [0.29, 0.717) is 12.0 Å². The summed E-state index contributed by atoms with van der Waals surface area (Å²) >= 11 is 0. The molecule has 1 aromatic rings. The van der Waals surface area contributed by atoms with Gasteiger partial charge in [-0.25, -0.2) is 4.79 Å². The third-order valence-electron chi connectivity index (χ3n) is 4.37. The van der Waals surface area contributed by atoms with Crippen LogP contribution in [0.5, 0.6) is 0 Å². The van der Waals surface area contributed by atoms with Gasteiger partial charge in [-0.3, -0.25) is 4.79 Å². The summed E-state index contributed by atoms with van der Waals surface area (Å²) in [4.78, 5) is 23.3. The molecule has 1 saturated carbocycles. The average Bonchev–Trinajstić information content (AvgIpc) is 3.26. The van der Waals surface area contributed by atoms with Crippen LogP contribution in [0.1, 0.15) is 43.7 Å². The fourth-order valence-electron chi connectivity index (χ4n) is 2.43. The molecule has 0 saturated heterocycles. The van der Waals surface area contributed by atoms with Gasteiger partial charge in [0, 0.05) is 5.92 Å². The molecule has 1 aliphatic carbocycles. The number of amides is 1. The first-order chi connectivity index (χ1) is 10.6. The molecule has 2 rings (SSSR count). The van der Waals surface area contributed by atoms with Gasteiger partial charge < -0.3 is 10.4 Å². The highest BCUT2D eigenvalue weighted by molar-refractivity contribution is 5.89. The zero-order valence-electron chi connectivity index (χ0n) is 12.8. The number of hydrogen-bond acceptors (Lipinski definition) is 2. The second-order valence-corrected chi connectivity index (χ2v) is 6.05. The van der Waals surface area contributed by atoms with Gasteiger partial charge in [0.15, 0.2) is 0 Å². The first kappa shape index (κ1) is 17.3. The summed E-state index contributed by atoms with van der Waals surface area (Å²) in [7, 11) is 0. The van der Waals surface area contributed by atoms with Crippen LogP contribution in [0.25, 0.3) is 0 Å². The van der Waals surface area contributed by atoms with Crippen molar-refractivity contribution >= 4 is 11.9 Å². The van der Waals surface area contributed by atoms with Crippen LogP contribution in [0, 0.1) is 5.92 Å². The third kappa shape index (κ3) is 3.65. The molecule has 0 radical (unpaired) electrons. The van der Waals surface area contributed by atoms with Gasteiger partial charge in [-0.2, -0.15) is 13.2 Å². The molecule has 3 atom stereocenters. The topological polar surface area (TPSA) is 66.4 Å². The summed E-state index contributed by atoms with van der Waals surface area (Å²) in [5.74, 6) is -2.04. The monoisotopic (exact) mass is 329 g/mol. The predicted molar refractivity (Wildman–Crippen MR) is 76.8 cm³/mol. The third-order valence-corrected chi connectivity index (χ3v) is 4.37. The van der Waals surface area contributed by atoms with Gasteiger partial charge >= 0.3 is 12.1 Å². The molecule has 4 nitrogen and oxygen atoms in total. The lowest BCUT2D eigenvalue weighted by atomic mass is 9.98. The lowest BCUT2D eigenvalue weighted by Gasteiger charge is -2.24. The minimum atomic E-state index is -4.39. The Morgan fingerprint density at radius 3 is 2.26 bits per heavy atom. The maximum Gasteiger partial charge on any atom is 0.416 e. The zero-order chi connectivity index (χ0) is 17.4. The van der Waals surface area contributed by atoms with E-state index >= 15 is 0 Å². The highest BCUT2D eigenvalue weighted by Gasteiger charge is 2.46. The van der Waals surface area contributed by atoms with E-state index < -0.39 is 29.2 Å². The zero-order valence-corrected chi connectivity index (χ0v) is 12.8. The van der Waals surface area contributed by atoms with Crippen LogP contribution in [0.2, 0.25) is 0 Å². The number of benzene rings is 1. The number of hydrogen-bond donors (Lipinski definition) is 2. The number of rotatable bonds is 5. The van der Waals surface area contributed by atoms with Crippen molar-refractivity contribution < 1.29 is 27.9 Å². The van der Waals surface area contributed by atoms with E-state index in [1.807, 2.05) is 0 Å². The van der Waals surface area contributed by atoms with Crippen molar-refractivity contribution in [3.05, 3.63) is 35.4 Å². The van der Waals surface area contributed by atoms with Gasteiger partial charge in [0.2, 0.25) is 5.91 Å². The molecule has 0 aromatic heterocycles. The Labute approximate surface area is 131 Å². The number of carboxylic acids is 1. The fraction of sp³-hybridized carbons (Fsp3) is 0.500. The number of carboxylic acid groups (broad SMARTS) is 1. The molecule has 0 spiro atoms. The van der Waals surface area contributed by atoms with Crippen molar-refractivity contribution in [3.8, 4) is 0 Å². The minimum Gasteiger partial charge on any atom is -0.480 e. The Balaban J connectivity index is 2.02. The van der Waals surface area contributed by atoms with Crippen LogP contribution in [-0.2, 0) is 15.8 Å². The van der Waals surface area contributed by atoms with Crippen LogP contribution in [-0.4, -0.2) is 22.5 Å². The maximum absolute atomic E-state index is 12.5. The van der Waals surface area contributed by atoms with Crippen LogP contribution < -0.4 is 5.32 Å². The van der Waals surface area contributed by atoms with E-state index in [4.69, 9.17) is 5.11 Å². The molecule has 0 aliphatic heterocycles. The van der Waals surface area contributed by atoms with Gasteiger partial charge in [-0.15, -0.1) is 0 Å². The van der Waals surface area contributed by atoms with Crippen molar-refractivity contribution in [2.45, 2.75) is 44.3 Å². The number of carbonyl (C=O) groups excluding carboxylic acids is 1. The van der Waals surface area contributed by atoms with Crippen LogP contribution >= 0.6 is 0 Å². The van der Waals surface area contributed by atoms with E-state index in [9.17, 15) is 22.8 Å². The molecule has 0 bridgehead atoms. The number of nitrogens with one attached hydrogen (secondary N) is 1. The Hall–Kier alpha value is -2.05. The highest BCUT2D eigenvalue weighted by atomic mass is 19.4. The Bertz CT molecular complexity index is 612. The summed E-state index contributed by atoms with van der Waals surface area (Å²) in [5, 5.41) is 11.7. The quantitative estimate of drug-likeness (QED) is 0.872. The molecule has 126 valence electrons. The smallest absolute Gasteiger partial charge is 0.416 e. The number of alkyl halides is 3. The van der Waals surface area contributed by atoms with Crippen molar-refractivity contribution in [3.63, 3.8) is 0 Å². The van der Waals surface area contributed by atoms with Crippen molar-refractivity contribution in [2.75, 3.05) is 0 Å². The SMILES string of the molecule is CCC(C)(NC(=O)C1CC1c1ccc(C(F)(F)F)cc1)C(=O)O. The second-order valence-electron chi connectivity index (χ2n) is 6.05. The lowest BCUT2D eigenvalue weighted by Crippen LogP contribution is -2.52.